The van der Waals surface area contributed by atoms with Gasteiger partial charge in [0.1, 0.15) is 0 Å². The van der Waals surface area contributed by atoms with E-state index in [-0.39, 0.29) is 0 Å². The van der Waals surface area contributed by atoms with E-state index in [2.05, 4.69) is 39.8 Å². The third kappa shape index (κ3) is 3.53. The van der Waals surface area contributed by atoms with Gasteiger partial charge in [-0.2, -0.15) is 0 Å². The summed E-state index contributed by atoms with van der Waals surface area (Å²) in [5.41, 5.74) is 5.63. The monoisotopic (exact) mass is 224 g/mol. The van der Waals surface area contributed by atoms with E-state index < -0.39 is 0 Å². The molecule has 0 fully saturated rings. The van der Waals surface area contributed by atoms with Crippen molar-refractivity contribution >= 4 is 11.6 Å². The first-order chi connectivity index (χ1) is 7.04. The second kappa shape index (κ2) is 5.55. The van der Waals surface area contributed by atoms with Crippen molar-refractivity contribution in [2.75, 3.05) is 0 Å². The topological polar surface area (TPSA) is 0 Å². The highest BCUT2D eigenvalue weighted by atomic mass is 35.5. The molecule has 0 radical (unpaired) electrons. The maximum Gasteiger partial charge on any atom is 0.0336 e. The van der Waals surface area contributed by atoms with E-state index in [1.165, 1.54) is 22.3 Å². The molecule has 15 heavy (non-hydrogen) atoms. The Morgan fingerprint density at radius 1 is 1.07 bits per heavy atom. The van der Waals surface area contributed by atoms with Crippen molar-refractivity contribution in [2.45, 2.75) is 52.3 Å². The highest BCUT2D eigenvalue weighted by Crippen LogP contribution is 2.19. The summed E-state index contributed by atoms with van der Waals surface area (Å²) in [6.45, 7) is 8.68. The zero-order valence-corrected chi connectivity index (χ0v) is 11.0. The Labute approximate surface area is 98.7 Å². The van der Waals surface area contributed by atoms with E-state index >= 15 is 0 Å². The van der Waals surface area contributed by atoms with E-state index in [9.17, 15) is 0 Å². The van der Waals surface area contributed by atoms with Crippen LogP contribution >= 0.6 is 11.6 Å². The first kappa shape index (κ1) is 12.6. The largest absolute Gasteiger partial charge is 0.123 e. The molecule has 0 bridgehead atoms. The van der Waals surface area contributed by atoms with Crippen LogP contribution in [0.2, 0.25) is 0 Å². The highest BCUT2D eigenvalue weighted by molar-refractivity contribution is 6.20. The summed E-state index contributed by atoms with van der Waals surface area (Å²) in [7, 11) is 0. The molecule has 0 amide bonds. The van der Waals surface area contributed by atoms with Crippen LogP contribution in [0.3, 0.4) is 0 Å². The number of benzene rings is 1. The molecule has 0 saturated carbocycles. The molecule has 1 aromatic rings. The summed E-state index contributed by atoms with van der Waals surface area (Å²) < 4.78 is 0. The first-order valence-corrected chi connectivity index (χ1v) is 6.19. The van der Waals surface area contributed by atoms with Crippen molar-refractivity contribution in [3.8, 4) is 0 Å². The van der Waals surface area contributed by atoms with Gasteiger partial charge in [-0.1, -0.05) is 19.1 Å². The average Bonchev–Trinajstić information content (AvgIpc) is 2.21. The van der Waals surface area contributed by atoms with Gasteiger partial charge in [0.2, 0.25) is 0 Å². The van der Waals surface area contributed by atoms with Gasteiger partial charge in [0.25, 0.3) is 0 Å². The van der Waals surface area contributed by atoms with Crippen LogP contribution in [0.5, 0.6) is 0 Å². The molecule has 0 N–H and O–H groups in total. The van der Waals surface area contributed by atoms with Crippen LogP contribution in [-0.4, -0.2) is 5.38 Å². The molecular weight excluding hydrogens is 204 g/mol. The van der Waals surface area contributed by atoms with Crippen molar-refractivity contribution in [3.63, 3.8) is 0 Å². The molecule has 0 aromatic heterocycles. The lowest BCUT2D eigenvalue weighted by molar-refractivity contribution is 0.724. The molecule has 0 nitrogen and oxygen atoms in total. The van der Waals surface area contributed by atoms with Crippen LogP contribution < -0.4 is 0 Å². The van der Waals surface area contributed by atoms with Crippen LogP contribution in [0.4, 0.5) is 0 Å². The van der Waals surface area contributed by atoms with Crippen LogP contribution in [-0.2, 0) is 6.42 Å². The van der Waals surface area contributed by atoms with Crippen LogP contribution in [0.1, 0.15) is 42.0 Å². The van der Waals surface area contributed by atoms with E-state index in [1.54, 1.807) is 0 Å². The van der Waals surface area contributed by atoms with E-state index in [0.717, 1.165) is 19.3 Å². The van der Waals surface area contributed by atoms with Crippen LogP contribution in [0.25, 0.3) is 0 Å². The number of rotatable bonds is 4. The average molecular weight is 225 g/mol. The minimum absolute atomic E-state index is 0.325. The molecule has 0 aliphatic carbocycles. The molecule has 1 heteroatoms. The van der Waals surface area contributed by atoms with Crippen molar-refractivity contribution in [3.05, 3.63) is 34.4 Å². The standard InChI is InChI=1S/C14H21Cl/c1-5-14(15)7-6-13-9-11(3)10(2)8-12(13)4/h8-9,14H,5-7H2,1-4H3. The fraction of sp³-hybridized carbons (Fsp3) is 0.571. The second-order valence-electron chi connectivity index (χ2n) is 4.41. The molecule has 84 valence electrons. The Hall–Kier alpha value is -0.490. The minimum Gasteiger partial charge on any atom is -0.123 e. The second-order valence-corrected chi connectivity index (χ2v) is 5.02. The number of aryl methyl sites for hydroxylation is 4. The molecule has 1 unspecified atom stereocenters. The van der Waals surface area contributed by atoms with Crippen molar-refractivity contribution < 1.29 is 0 Å². The van der Waals surface area contributed by atoms with Gasteiger partial charge >= 0.3 is 0 Å². The zero-order valence-electron chi connectivity index (χ0n) is 10.2. The maximum atomic E-state index is 6.14. The minimum atomic E-state index is 0.325. The van der Waals surface area contributed by atoms with E-state index in [0.29, 0.717) is 5.38 Å². The van der Waals surface area contributed by atoms with Gasteiger partial charge in [-0.15, -0.1) is 11.6 Å². The summed E-state index contributed by atoms with van der Waals surface area (Å²) in [5.74, 6) is 0. The fourth-order valence-electron chi connectivity index (χ4n) is 1.81. The van der Waals surface area contributed by atoms with Crippen LogP contribution in [0, 0.1) is 20.8 Å². The Kier molecular flexibility index (Phi) is 4.66. The predicted octanol–water partition coefficient (Wildman–Crippen LogP) is 4.56. The molecule has 0 spiro atoms. The molecule has 0 aliphatic rings. The van der Waals surface area contributed by atoms with Gasteiger partial charge < -0.3 is 0 Å². The molecule has 0 aliphatic heterocycles. The molecular formula is C14H21Cl. The summed E-state index contributed by atoms with van der Waals surface area (Å²) in [6.07, 6.45) is 3.25. The van der Waals surface area contributed by atoms with Gasteiger partial charge in [0.15, 0.2) is 0 Å². The lowest BCUT2D eigenvalue weighted by Gasteiger charge is -2.11. The number of halogens is 1. The quantitative estimate of drug-likeness (QED) is 0.658. The van der Waals surface area contributed by atoms with Crippen molar-refractivity contribution in [1.82, 2.24) is 0 Å². The summed E-state index contributed by atoms with van der Waals surface area (Å²) in [5, 5.41) is 0.325. The zero-order chi connectivity index (χ0) is 11.4. The predicted molar refractivity (Wildman–Crippen MR) is 68.9 cm³/mol. The molecule has 1 rings (SSSR count). The Morgan fingerprint density at radius 3 is 2.27 bits per heavy atom. The fourth-order valence-corrected chi connectivity index (χ4v) is 1.91. The lowest BCUT2D eigenvalue weighted by atomic mass is 9.97. The highest BCUT2D eigenvalue weighted by Gasteiger charge is 2.05. The van der Waals surface area contributed by atoms with E-state index in [4.69, 9.17) is 11.6 Å². The number of alkyl halides is 1. The number of hydrogen-bond donors (Lipinski definition) is 0. The Bertz CT molecular complexity index is 328. The summed E-state index contributed by atoms with van der Waals surface area (Å²) in [6, 6.07) is 4.59. The van der Waals surface area contributed by atoms with Gasteiger partial charge in [-0.05, 0) is 62.3 Å². The Balaban J connectivity index is 2.73. The summed E-state index contributed by atoms with van der Waals surface area (Å²) in [4.78, 5) is 0. The van der Waals surface area contributed by atoms with Crippen molar-refractivity contribution in [2.24, 2.45) is 0 Å². The Morgan fingerprint density at radius 2 is 1.67 bits per heavy atom. The number of hydrogen-bond acceptors (Lipinski definition) is 0. The summed E-state index contributed by atoms with van der Waals surface area (Å²) >= 11 is 6.14. The van der Waals surface area contributed by atoms with Gasteiger partial charge in [0.05, 0.1) is 0 Å². The first-order valence-electron chi connectivity index (χ1n) is 5.75. The third-order valence-corrected chi connectivity index (χ3v) is 3.65. The van der Waals surface area contributed by atoms with Crippen LogP contribution in [0.15, 0.2) is 12.1 Å². The van der Waals surface area contributed by atoms with E-state index in [1.807, 2.05) is 0 Å². The third-order valence-electron chi connectivity index (χ3n) is 3.12. The van der Waals surface area contributed by atoms with Crippen molar-refractivity contribution in [1.29, 1.82) is 0 Å². The SMILES string of the molecule is CCC(Cl)CCc1cc(C)c(C)cc1C. The smallest absolute Gasteiger partial charge is 0.0336 e. The maximum absolute atomic E-state index is 6.14. The normalized spacial score (nSPS) is 12.9. The van der Waals surface area contributed by atoms with Gasteiger partial charge in [0, 0.05) is 5.38 Å². The van der Waals surface area contributed by atoms with Gasteiger partial charge in [-0.3, -0.25) is 0 Å². The molecule has 1 aromatic carbocycles. The molecule has 0 saturated heterocycles. The molecule has 0 heterocycles. The molecule has 1 atom stereocenters. The van der Waals surface area contributed by atoms with Gasteiger partial charge in [-0.25, -0.2) is 0 Å². The lowest BCUT2D eigenvalue weighted by Crippen LogP contribution is -2.01.